The lowest BCUT2D eigenvalue weighted by Crippen LogP contribution is -2.38. The summed E-state index contributed by atoms with van der Waals surface area (Å²) in [6.07, 6.45) is 0. The van der Waals surface area contributed by atoms with Crippen LogP contribution in [0, 0.1) is 0 Å². The Hall–Kier alpha value is -1.79. The van der Waals surface area contributed by atoms with E-state index >= 15 is 0 Å². The maximum absolute atomic E-state index is 11.0. The van der Waals surface area contributed by atoms with Crippen LogP contribution in [0.25, 0.3) is 0 Å². The molecule has 0 amide bonds. The van der Waals surface area contributed by atoms with Gasteiger partial charge in [0.25, 0.3) is 0 Å². The molecule has 0 radical (unpaired) electrons. The number of carboxylic acid groups (broad SMARTS) is 1. The second-order valence-corrected chi connectivity index (χ2v) is 4.50. The summed E-state index contributed by atoms with van der Waals surface area (Å²) in [5.74, 6) is -0.0109. The monoisotopic (exact) mass is 281 g/mol. The standard InChI is InChI=1S/C14H19NO5/c1-18-12-8-11(14(16)17)9-13(10-12)20-7-4-15-2-5-19-6-3-15/h8-10H,2-7H2,1H3,(H,16,17). The fraction of sp³-hybridized carbons (Fsp3) is 0.500. The number of aromatic carboxylic acids is 1. The quantitative estimate of drug-likeness (QED) is 0.842. The number of carboxylic acids is 1. The molecule has 1 aromatic carbocycles. The van der Waals surface area contributed by atoms with E-state index in [9.17, 15) is 4.79 Å². The van der Waals surface area contributed by atoms with Gasteiger partial charge in [-0.2, -0.15) is 0 Å². The number of nitrogens with zero attached hydrogens (tertiary/aromatic N) is 1. The SMILES string of the molecule is COc1cc(OCCN2CCOCC2)cc(C(=O)O)c1. The molecule has 1 heterocycles. The topological polar surface area (TPSA) is 68.2 Å². The number of carbonyl (C=O) groups is 1. The Labute approximate surface area is 117 Å². The Morgan fingerprint density at radius 1 is 1.30 bits per heavy atom. The highest BCUT2D eigenvalue weighted by molar-refractivity contribution is 5.88. The van der Waals surface area contributed by atoms with E-state index in [1.807, 2.05) is 0 Å². The Balaban J connectivity index is 1.91. The molecular formula is C14H19NO5. The molecule has 1 aliphatic heterocycles. The minimum absolute atomic E-state index is 0.158. The molecule has 0 atom stereocenters. The first-order chi connectivity index (χ1) is 9.69. The molecule has 1 aromatic rings. The van der Waals surface area contributed by atoms with Crippen molar-refractivity contribution in [2.45, 2.75) is 0 Å². The van der Waals surface area contributed by atoms with E-state index in [1.54, 1.807) is 6.07 Å². The maximum Gasteiger partial charge on any atom is 0.335 e. The second-order valence-electron chi connectivity index (χ2n) is 4.50. The molecule has 0 spiro atoms. The average molecular weight is 281 g/mol. The maximum atomic E-state index is 11.0. The lowest BCUT2D eigenvalue weighted by Gasteiger charge is -2.26. The third-order valence-corrected chi connectivity index (χ3v) is 3.14. The van der Waals surface area contributed by atoms with Crippen LogP contribution in [0.3, 0.4) is 0 Å². The van der Waals surface area contributed by atoms with Crippen LogP contribution in [0.15, 0.2) is 18.2 Å². The average Bonchev–Trinajstić information content (AvgIpc) is 2.48. The number of hydrogen-bond donors (Lipinski definition) is 1. The van der Waals surface area contributed by atoms with E-state index in [-0.39, 0.29) is 5.56 Å². The third kappa shape index (κ3) is 4.11. The van der Waals surface area contributed by atoms with Gasteiger partial charge in [-0.1, -0.05) is 0 Å². The molecule has 1 saturated heterocycles. The summed E-state index contributed by atoms with van der Waals surface area (Å²) in [5, 5.41) is 9.03. The van der Waals surface area contributed by atoms with E-state index < -0.39 is 5.97 Å². The molecule has 1 aliphatic rings. The van der Waals surface area contributed by atoms with Gasteiger partial charge in [0.1, 0.15) is 18.1 Å². The lowest BCUT2D eigenvalue weighted by atomic mass is 10.2. The molecule has 0 bridgehead atoms. The fourth-order valence-corrected chi connectivity index (χ4v) is 2.01. The highest BCUT2D eigenvalue weighted by Crippen LogP contribution is 2.22. The first-order valence-electron chi connectivity index (χ1n) is 6.54. The molecule has 0 saturated carbocycles. The van der Waals surface area contributed by atoms with E-state index in [0.717, 1.165) is 32.8 Å². The minimum atomic E-state index is -0.998. The van der Waals surface area contributed by atoms with Gasteiger partial charge in [0.2, 0.25) is 0 Å². The summed E-state index contributed by atoms with van der Waals surface area (Å²) < 4.78 is 16.0. The van der Waals surface area contributed by atoms with Crippen LogP contribution in [0.5, 0.6) is 11.5 Å². The van der Waals surface area contributed by atoms with Crippen molar-refractivity contribution in [1.82, 2.24) is 4.90 Å². The molecule has 2 rings (SSSR count). The fourth-order valence-electron chi connectivity index (χ4n) is 2.01. The van der Waals surface area contributed by atoms with Crippen LogP contribution >= 0.6 is 0 Å². The van der Waals surface area contributed by atoms with Crippen molar-refractivity contribution in [3.05, 3.63) is 23.8 Å². The lowest BCUT2D eigenvalue weighted by molar-refractivity contribution is 0.0322. The number of morpholine rings is 1. The molecule has 0 aromatic heterocycles. The smallest absolute Gasteiger partial charge is 0.335 e. The van der Waals surface area contributed by atoms with E-state index in [4.69, 9.17) is 19.3 Å². The normalized spacial score (nSPS) is 15.8. The van der Waals surface area contributed by atoms with Gasteiger partial charge in [0.15, 0.2) is 0 Å². The van der Waals surface area contributed by atoms with Gasteiger partial charge in [-0.3, -0.25) is 4.90 Å². The van der Waals surface area contributed by atoms with Crippen LogP contribution < -0.4 is 9.47 Å². The predicted molar refractivity (Wildman–Crippen MR) is 72.7 cm³/mol. The molecule has 1 fully saturated rings. The van der Waals surface area contributed by atoms with Crippen molar-refractivity contribution in [2.75, 3.05) is 46.6 Å². The molecule has 20 heavy (non-hydrogen) atoms. The van der Waals surface area contributed by atoms with Crippen LogP contribution in [0.2, 0.25) is 0 Å². The van der Waals surface area contributed by atoms with Crippen LogP contribution in [-0.4, -0.2) is 62.5 Å². The van der Waals surface area contributed by atoms with Gasteiger partial charge in [-0.15, -0.1) is 0 Å². The minimum Gasteiger partial charge on any atom is -0.497 e. The van der Waals surface area contributed by atoms with Crippen molar-refractivity contribution >= 4 is 5.97 Å². The summed E-state index contributed by atoms with van der Waals surface area (Å²) in [6, 6.07) is 4.66. The van der Waals surface area contributed by atoms with E-state index in [2.05, 4.69) is 4.90 Å². The van der Waals surface area contributed by atoms with Crippen molar-refractivity contribution < 1.29 is 24.1 Å². The van der Waals surface area contributed by atoms with Gasteiger partial charge < -0.3 is 19.3 Å². The first-order valence-corrected chi connectivity index (χ1v) is 6.54. The van der Waals surface area contributed by atoms with Crippen molar-refractivity contribution in [3.8, 4) is 11.5 Å². The van der Waals surface area contributed by atoms with Crippen molar-refractivity contribution in [2.24, 2.45) is 0 Å². The number of benzene rings is 1. The molecule has 0 aliphatic carbocycles. The van der Waals surface area contributed by atoms with Gasteiger partial charge in [-0.25, -0.2) is 4.79 Å². The summed E-state index contributed by atoms with van der Waals surface area (Å²) >= 11 is 0. The molecule has 1 N–H and O–H groups in total. The van der Waals surface area contributed by atoms with Gasteiger partial charge in [0, 0.05) is 25.7 Å². The summed E-state index contributed by atoms with van der Waals surface area (Å²) in [7, 11) is 1.50. The number of hydrogen-bond acceptors (Lipinski definition) is 5. The Morgan fingerprint density at radius 3 is 2.65 bits per heavy atom. The molecule has 6 nitrogen and oxygen atoms in total. The van der Waals surface area contributed by atoms with Crippen molar-refractivity contribution in [3.63, 3.8) is 0 Å². The Bertz CT molecular complexity index is 457. The van der Waals surface area contributed by atoms with Gasteiger partial charge >= 0.3 is 5.97 Å². The van der Waals surface area contributed by atoms with Crippen LogP contribution in [-0.2, 0) is 4.74 Å². The zero-order valence-corrected chi connectivity index (χ0v) is 11.5. The summed E-state index contributed by atoms with van der Waals surface area (Å²) in [4.78, 5) is 13.3. The largest absolute Gasteiger partial charge is 0.497 e. The highest BCUT2D eigenvalue weighted by Gasteiger charge is 2.11. The first kappa shape index (κ1) is 14.6. The number of rotatable bonds is 6. The van der Waals surface area contributed by atoms with E-state index in [0.29, 0.717) is 18.1 Å². The highest BCUT2D eigenvalue weighted by atomic mass is 16.5. The van der Waals surface area contributed by atoms with Crippen molar-refractivity contribution in [1.29, 1.82) is 0 Å². The number of ether oxygens (including phenoxy) is 3. The summed E-state index contributed by atoms with van der Waals surface area (Å²) in [5.41, 5.74) is 0.158. The van der Waals surface area contributed by atoms with Gasteiger partial charge in [0.05, 0.1) is 25.9 Å². The van der Waals surface area contributed by atoms with Crippen LogP contribution in [0.4, 0.5) is 0 Å². The zero-order valence-electron chi connectivity index (χ0n) is 11.5. The predicted octanol–water partition coefficient (Wildman–Crippen LogP) is 1.10. The number of methoxy groups -OCH3 is 1. The third-order valence-electron chi connectivity index (χ3n) is 3.14. The molecule has 6 heteroatoms. The Morgan fingerprint density at radius 2 is 2.00 bits per heavy atom. The Kier molecular flexibility index (Phi) is 5.20. The zero-order chi connectivity index (χ0) is 14.4. The second kappa shape index (κ2) is 7.12. The van der Waals surface area contributed by atoms with Gasteiger partial charge in [-0.05, 0) is 12.1 Å². The molecule has 0 unspecified atom stereocenters. The summed E-state index contributed by atoms with van der Waals surface area (Å²) in [6.45, 7) is 4.61. The van der Waals surface area contributed by atoms with Crippen LogP contribution in [0.1, 0.15) is 10.4 Å². The molecule has 110 valence electrons. The van der Waals surface area contributed by atoms with E-state index in [1.165, 1.54) is 19.2 Å². The molecular weight excluding hydrogens is 262 g/mol.